The number of ether oxygens (including phenoxy) is 2. The Balaban J connectivity index is 2.45. The standard InChI is InChI=1S/C17H25NO5/c1-3-4-11-23-14-6-5-13(12-15(14)22-2)9-10-18-16(19)7-8-17(20)21/h5-6,12H,3-4,7-11H2,1-2H3,(H,18,19)(H,20,21)/p-1. The van der Waals surface area contributed by atoms with Crippen LogP contribution in [0.4, 0.5) is 0 Å². The van der Waals surface area contributed by atoms with Crippen LogP contribution in [0.15, 0.2) is 18.2 Å². The molecule has 6 nitrogen and oxygen atoms in total. The Labute approximate surface area is 136 Å². The lowest BCUT2D eigenvalue weighted by Crippen LogP contribution is -2.29. The predicted octanol–water partition coefficient (Wildman–Crippen LogP) is 1.06. The first-order valence-electron chi connectivity index (χ1n) is 7.83. The first-order chi connectivity index (χ1) is 11.1. The van der Waals surface area contributed by atoms with E-state index in [0.29, 0.717) is 31.1 Å². The van der Waals surface area contributed by atoms with Gasteiger partial charge in [0, 0.05) is 18.9 Å². The van der Waals surface area contributed by atoms with E-state index in [1.165, 1.54) is 0 Å². The molecule has 0 bridgehead atoms. The normalized spacial score (nSPS) is 10.2. The van der Waals surface area contributed by atoms with Gasteiger partial charge in [0.2, 0.25) is 5.91 Å². The highest BCUT2D eigenvalue weighted by Crippen LogP contribution is 2.28. The average Bonchev–Trinajstić information content (AvgIpc) is 2.54. The summed E-state index contributed by atoms with van der Waals surface area (Å²) in [5.74, 6) is -0.131. The fraction of sp³-hybridized carbons (Fsp3) is 0.529. The number of hydrogen-bond acceptors (Lipinski definition) is 5. The minimum atomic E-state index is -1.22. The van der Waals surface area contributed by atoms with E-state index in [9.17, 15) is 14.7 Å². The van der Waals surface area contributed by atoms with Crippen molar-refractivity contribution in [2.24, 2.45) is 0 Å². The van der Waals surface area contributed by atoms with Crippen molar-refractivity contribution < 1.29 is 24.2 Å². The van der Waals surface area contributed by atoms with E-state index >= 15 is 0 Å². The van der Waals surface area contributed by atoms with E-state index in [0.717, 1.165) is 18.4 Å². The number of hydrogen-bond donors (Lipinski definition) is 1. The summed E-state index contributed by atoms with van der Waals surface area (Å²) in [6.45, 7) is 3.19. The van der Waals surface area contributed by atoms with Crippen LogP contribution in [0.1, 0.15) is 38.2 Å². The zero-order valence-corrected chi connectivity index (χ0v) is 13.7. The van der Waals surface area contributed by atoms with Crippen molar-refractivity contribution in [2.75, 3.05) is 20.3 Å². The van der Waals surface area contributed by atoms with Gasteiger partial charge in [-0.25, -0.2) is 0 Å². The first kappa shape index (κ1) is 18.8. The first-order valence-corrected chi connectivity index (χ1v) is 7.83. The van der Waals surface area contributed by atoms with Gasteiger partial charge < -0.3 is 24.7 Å². The van der Waals surface area contributed by atoms with E-state index in [1.54, 1.807) is 7.11 Å². The molecular formula is C17H24NO5-. The zero-order valence-electron chi connectivity index (χ0n) is 13.7. The molecule has 128 valence electrons. The van der Waals surface area contributed by atoms with Gasteiger partial charge in [0.05, 0.1) is 13.7 Å². The molecule has 0 aromatic heterocycles. The van der Waals surface area contributed by atoms with Crippen molar-refractivity contribution in [3.8, 4) is 11.5 Å². The molecule has 1 N–H and O–H groups in total. The number of nitrogens with one attached hydrogen (secondary N) is 1. The van der Waals surface area contributed by atoms with Crippen LogP contribution < -0.4 is 19.9 Å². The van der Waals surface area contributed by atoms with Gasteiger partial charge in [0.15, 0.2) is 11.5 Å². The molecule has 1 amide bonds. The molecule has 0 aliphatic rings. The Bertz CT molecular complexity index is 516. The maximum atomic E-state index is 11.4. The smallest absolute Gasteiger partial charge is 0.220 e. The van der Waals surface area contributed by atoms with E-state index in [-0.39, 0.29) is 18.7 Å². The van der Waals surface area contributed by atoms with Crippen molar-refractivity contribution in [3.05, 3.63) is 23.8 Å². The SMILES string of the molecule is CCCCOc1ccc(CCNC(=O)CCC(=O)[O-])cc1OC. The molecule has 0 unspecified atom stereocenters. The Kier molecular flexibility index (Phi) is 8.57. The van der Waals surface area contributed by atoms with Gasteiger partial charge >= 0.3 is 0 Å². The maximum absolute atomic E-state index is 11.4. The molecule has 0 radical (unpaired) electrons. The number of methoxy groups -OCH3 is 1. The van der Waals surface area contributed by atoms with Crippen molar-refractivity contribution in [1.29, 1.82) is 0 Å². The van der Waals surface area contributed by atoms with Gasteiger partial charge in [-0.05, 0) is 37.0 Å². The number of benzene rings is 1. The monoisotopic (exact) mass is 322 g/mol. The molecule has 0 spiro atoms. The molecule has 1 aromatic carbocycles. The fourth-order valence-corrected chi connectivity index (χ4v) is 1.96. The van der Waals surface area contributed by atoms with Crippen LogP contribution in [0.5, 0.6) is 11.5 Å². The van der Waals surface area contributed by atoms with Gasteiger partial charge in [0.1, 0.15) is 0 Å². The molecule has 1 rings (SSSR count). The van der Waals surface area contributed by atoms with E-state index in [4.69, 9.17) is 9.47 Å². The number of amides is 1. The summed E-state index contributed by atoms with van der Waals surface area (Å²) in [5, 5.41) is 13.0. The molecule has 0 saturated carbocycles. The van der Waals surface area contributed by atoms with Crippen LogP contribution in [0.25, 0.3) is 0 Å². The summed E-state index contributed by atoms with van der Waals surface area (Å²) < 4.78 is 11.0. The second kappa shape index (κ2) is 10.5. The Morgan fingerprint density at radius 3 is 2.65 bits per heavy atom. The Morgan fingerprint density at radius 1 is 1.22 bits per heavy atom. The van der Waals surface area contributed by atoms with E-state index in [2.05, 4.69) is 12.2 Å². The van der Waals surface area contributed by atoms with Crippen LogP contribution in [-0.4, -0.2) is 32.1 Å². The van der Waals surface area contributed by atoms with Crippen molar-refractivity contribution in [3.63, 3.8) is 0 Å². The maximum Gasteiger partial charge on any atom is 0.220 e. The lowest BCUT2D eigenvalue weighted by atomic mass is 10.1. The van der Waals surface area contributed by atoms with Crippen molar-refractivity contribution in [2.45, 2.75) is 39.0 Å². The Morgan fingerprint density at radius 2 is 2.00 bits per heavy atom. The third kappa shape index (κ3) is 7.54. The second-order valence-electron chi connectivity index (χ2n) is 5.16. The third-order valence-corrected chi connectivity index (χ3v) is 3.28. The van der Waals surface area contributed by atoms with Gasteiger partial charge in [0.25, 0.3) is 0 Å². The molecule has 0 aliphatic carbocycles. The van der Waals surface area contributed by atoms with Crippen LogP contribution in [0.2, 0.25) is 0 Å². The number of aliphatic carboxylic acids is 1. The highest BCUT2D eigenvalue weighted by molar-refractivity contribution is 5.79. The summed E-state index contributed by atoms with van der Waals surface area (Å²) >= 11 is 0. The second-order valence-corrected chi connectivity index (χ2v) is 5.16. The molecule has 0 aliphatic heterocycles. The number of carbonyl (C=O) groups is 2. The summed E-state index contributed by atoms with van der Waals surface area (Å²) in [5.41, 5.74) is 1.00. The molecular weight excluding hydrogens is 298 g/mol. The lowest BCUT2D eigenvalue weighted by molar-refractivity contribution is -0.305. The topological polar surface area (TPSA) is 87.7 Å². The quantitative estimate of drug-likeness (QED) is 0.616. The average molecular weight is 322 g/mol. The largest absolute Gasteiger partial charge is 0.550 e. The fourth-order valence-electron chi connectivity index (χ4n) is 1.96. The highest BCUT2D eigenvalue weighted by atomic mass is 16.5. The van der Waals surface area contributed by atoms with Crippen molar-refractivity contribution in [1.82, 2.24) is 5.32 Å². The van der Waals surface area contributed by atoms with E-state index < -0.39 is 5.97 Å². The van der Waals surface area contributed by atoms with Crippen LogP contribution in [-0.2, 0) is 16.0 Å². The summed E-state index contributed by atoms with van der Waals surface area (Å²) in [7, 11) is 1.59. The Hall–Kier alpha value is -2.24. The molecule has 23 heavy (non-hydrogen) atoms. The van der Waals surface area contributed by atoms with Crippen LogP contribution in [0, 0.1) is 0 Å². The van der Waals surface area contributed by atoms with Crippen LogP contribution in [0.3, 0.4) is 0 Å². The summed E-state index contributed by atoms with van der Waals surface area (Å²) in [6.07, 6.45) is 2.36. The third-order valence-electron chi connectivity index (χ3n) is 3.28. The number of rotatable bonds is 11. The van der Waals surface area contributed by atoms with Gasteiger partial charge in [-0.2, -0.15) is 0 Å². The van der Waals surface area contributed by atoms with Crippen molar-refractivity contribution >= 4 is 11.9 Å². The zero-order chi connectivity index (χ0) is 17.1. The number of carboxylic acid groups (broad SMARTS) is 1. The van der Waals surface area contributed by atoms with E-state index in [1.807, 2.05) is 18.2 Å². The minimum absolute atomic E-state index is 0.0597. The minimum Gasteiger partial charge on any atom is -0.550 e. The summed E-state index contributed by atoms with van der Waals surface area (Å²) in [4.78, 5) is 21.7. The predicted molar refractivity (Wildman–Crippen MR) is 84.4 cm³/mol. The van der Waals surface area contributed by atoms with Gasteiger partial charge in [-0.1, -0.05) is 19.4 Å². The molecule has 0 heterocycles. The number of carboxylic acids is 1. The summed E-state index contributed by atoms with van der Waals surface area (Å²) in [6, 6.07) is 5.67. The van der Waals surface area contributed by atoms with Gasteiger partial charge in [-0.15, -0.1) is 0 Å². The molecule has 0 atom stereocenters. The molecule has 6 heteroatoms. The molecule has 0 fully saturated rings. The number of unbranched alkanes of at least 4 members (excludes halogenated alkanes) is 1. The molecule has 0 saturated heterocycles. The lowest BCUT2D eigenvalue weighted by Gasteiger charge is -2.12. The highest BCUT2D eigenvalue weighted by Gasteiger charge is 2.06. The molecule has 1 aromatic rings. The van der Waals surface area contributed by atoms with Crippen LogP contribution >= 0.6 is 0 Å². The van der Waals surface area contributed by atoms with Gasteiger partial charge in [-0.3, -0.25) is 4.79 Å². The number of carbonyl (C=O) groups excluding carboxylic acids is 2.